The first kappa shape index (κ1) is 16.0. The van der Waals surface area contributed by atoms with Crippen molar-refractivity contribution in [2.75, 3.05) is 40.6 Å². The van der Waals surface area contributed by atoms with Crippen LogP contribution in [0.3, 0.4) is 0 Å². The molecule has 0 aliphatic heterocycles. The SMILES string of the molecule is CCC(NC)c1ccccc1OCCOCCOC. The Morgan fingerprint density at radius 3 is 2.53 bits per heavy atom. The van der Waals surface area contributed by atoms with Crippen LogP contribution in [0, 0.1) is 0 Å². The molecule has 4 nitrogen and oxygen atoms in total. The van der Waals surface area contributed by atoms with Crippen LogP contribution in [0.2, 0.25) is 0 Å². The first-order valence-corrected chi connectivity index (χ1v) is 6.79. The lowest BCUT2D eigenvalue weighted by Crippen LogP contribution is -2.17. The average Bonchev–Trinajstić information content (AvgIpc) is 2.45. The maximum atomic E-state index is 5.80. The van der Waals surface area contributed by atoms with Crippen molar-refractivity contribution in [2.24, 2.45) is 0 Å². The molecule has 0 saturated heterocycles. The second-order valence-corrected chi connectivity index (χ2v) is 4.24. The molecule has 0 radical (unpaired) electrons. The smallest absolute Gasteiger partial charge is 0.124 e. The molecule has 0 aliphatic rings. The van der Waals surface area contributed by atoms with Crippen LogP contribution in [-0.4, -0.2) is 40.6 Å². The van der Waals surface area contributed by atoms with Gasteiger partial charge in [0.2, 0.25) is 0 Å². The third-order valence-electron chi connectivity index (χ3n) is 2.97. The van der Waals surface area contributed by atoms with Crippen molar-refractivity contribution in [1.29, 1.82) is 0 Å². The zero-order chi connectivity index (χ0) is 13.9. The predicted molar refractivity (Wildman–Crippen MR) is 76.7 cm³/mol. The minimum Gasteiger partial charge on any atom is -0.491 e. The van der Waals surface area contributed by atoms with Crippen molar-refractivity contribution in [1.82, 2.24) is 5.32 Å². The molecule has 1 aromatic carbocycles. The first-order chi connectivity index (χ1) is 9.33. The second kappa shape index (κ2) is 9.78. The molecule has 0 fully saturated rings. The summed E-state index contributed by atoms with van der Waals surface area (Å²) in [5.74, 6) is 0.930. The topological polar surface area (TPSA) is 39.7 Å². The van der Waals surface area contributed by atoms with Gasteiger partial charge in [0.1, 0.15) is 12.4 Å². The van der Waals surface area contributed by atoms with Gasteiger partial charge in [0.15, 0.2) is 0 Å². The van der Waals surface area contributed by atoms with Crippen molar-refractivity contribution in [3.8, 4) is 5.75 Å². The minimum absolute atomic E-state index is 0.325. The third kappa shape index (κ3) is 5.59. The van der Waals surface area contributed by atoms with Gasteiger partial charge in [-0.3, -0.25) is 0 Å². The van der Waals surface area contributed by atoms with Crippen LogP contribution in [0.5, 0.6) is 5.75 Å². The fourth-order valence-corrected chi connectivity index (χ4v) is 1.93. The summed E-state index contributed by atoms with van der Waals surface area (Å²) in [7, 11) is 3.64. The number of ether oxygens (including phenoxy) is 3. The highest BCUT2D eigenvalue weighted by Crippen LogP contribution is 2.26. The summed E-state index contributed by atoms with van der Waals surface area (Å²) in [5, 5.41) is 3.30. The Morgan fingerprint density at radius 1 is 1.11 bits per heavy atom. The summed E-state index contributed by atoms with van der Waals surface area (Å²) in [6.07, 6.45) is 1.03. The fourth-order valence-electron chi connectivity index (χ4n) is 1.93. The molecule has 0 bridgehead atoms. The normalized spacial score (nSPS) is 12.4. The largest absolute Gasteiger partial charge is 0.491 e. The van der Waals surface area contributed by atoms with E-state index in [1.54, 1.807) is 7.11 Å². The number of rotatable bonds is 10. The Morgan fingerprint density at radius 2 is 1.84 bits per heavy atom. The molecule has 108 valence electrons. The first-order valence-electron chi connectivity index (χ1n) is 6.79. The monoisotopic (exact) mass is 267 g/mol. The van der Waals surface area contributed by atoms with Crippen molar-refractivity contribution >= 4 is 0 Å². The van der Waals surface area contributed by atoms with Crippen LogP contribution >= 0.6 is 0 Å². The number of para-hydroxylation sites is 1. The van der Waals surface area contributed by atoms with Gasteiger partial charge in [-0.1, -0.05) is 25.1 Å². The van der Waals surface area contributed by atoms with E-state index in [1.165, 1.54) is 5.56 Å². The van der Waals surface area contributed by atoms with Gasteiger partial charge in [0.05, 0.1) is 19.8 Å². The highest BCUT2D eigenvalue weighted by Gasteiger charge is 2.11. The maximum Gasteiger partial charge on any atom is 0.124 e. The number of benzene rings is 1. The van der Waals surface area contributed by atoms with Crippen LogP contribution in [0.25, 0.3) is 0 Å². The lowest BCUT2D eigenvalue weighted by Gasteiger charge is -2.18. The van der Waals surface area contributed by atoms with Crippen LogP contribution in [-0.2, 0) is 9.47 Å². The van der Waals surface area contributed by atoms with Gasteiger partial charge in [-0.05, 0) is 19.5 Å². The molecule has 1 N–H and O–H groups in total. The Balaban J connectivity index is 2.44. The van der Waals surface area contributed by atoms with E-state index >= 15 is 0 Å². The molecule has 19 heavy (non-hydrogen) atoms. The molecule has 0 aromatic heterocycles. The summed E-state index contributed by atoms with van der Waals surface area (Å²) < 4.78 is 16.1. The summed E-state index contributed by atoms with van der Waals surface area (Å²) in [5.41, 5.74) is 1.20. The van der Waals surface area contributed by atoms with E-state index in [0.717, 1.165) is 12.2 Å². The van der Waals surface area contributed by atoms with E-state index < -0.39 is 0 Å². The highest BCUT2D eigenvalue weighted by atomic mass is 16.5. The van der Waals surface area contributed by atoms with Gasteiger partial charge in [0.25, 0.3) is 0 Å². The predicted octanol–water partition coefficient (Wildman–Crippen LogP) is 2.40. The van der Waals surface area contributed by atoms with Crippen molar-refractivity contribution < 1.29 is 14.2 Å². The number of methoxy groups -OCH3 is 1. The van der Waals surface area contributed by atoms with E-state index in [2.05, 4.69) is 18.3 Å². The van der Waals surface area contributed by atoms with Gasteiger partial charge in [-0.15, -0.1) is 0 Å². The molecular formula is C15H25NO3. The van der Waals surface area contributed by atoms with E-state index in [9.17, 15) is 0 Å². The molecule has 1 aromatic rings. The highest BCUT2D eigenvalue weighted by molar-refractivity contribution is 5.35. The van der Waals surface area contributed by atoms with Crippen LogP contribution < -0.4 is 10.1 Å². The Kier molecular flexibility index (Phi) is 8.21. The van der Waals surface area contributed by atoms with E-state index in [4.69, 9.17) is 14.2 Å². The van der Waals surface area contributed by atoms with Gasteiger partial charge < -0.3 is 19.5 Å². The lowest BCUT2D eigenvalue weighted by atomic mass is 10.0. The molecule has 4 heteroatoms. The second-order valence-electron chi connectivity index (χ2n) is 4.24. The quantitative estimate of drug-likeness (QED) is 0.661. The summed E-state index contributed by atoms with van der Waals surface area (Å²) in [4.78, 5) is 0. The third-order valence-corrected chi connectivity index (χ3v) is 2.97. The number of hydrogen-bond donors (Lipinski definition) is 1. The summed E-state index contributed by atoms with van der Waals surface area (Å²) in [6, 6.07) is 8.46. The van der Waals surface area contributed by atoms with Gasteiger partial charge >= 0.3 is 0 Å². The van der Waals surface area contributed by atoms with Crippen molar-refractivity contribution in [3.05, 3.63) is 29.8 Å². The molecular weight excluding hydrogens is 242 g/mol. The Bertz CT molecular complexity index is 340. The molecule has 0 amide bonds. The summed E-state index contributed by atoms with van der Waals surface area (Å²) >= 11 is 0. The van der Waals surface area contributed by atoms with Gasteiger partial charge in [-0.2, -0.15) is 0 Å². The van der Waals surface area contributed by atoms with Crippen molar-refractivity contribution in [2.45, 2.75) is 19.4 Å². The molecule has 0 spiro atoms. The van der Waals surface area contributed by atoms with E-state index in [0.29, 0.717) is 32.5 Å². The minimum atomic E-state index is 0.325. The Hall–Kier alpha value is -1.10. The fraction of sp³-hybridized carbons (Fsp3) is 0.600. The molecule has 1 unspecified atom stereocenters. The Labute approximate surface area is 116 Å². The molecule has 0 saturated carbocycles. The van der Waals surface area contributed by atoms with Crippen LogP contribution in [0.1, 0.15) is 24.9 Å². The van der Waals surface area contributed by atoms with Crippen LogP contribution in [0.15, 0.2) is 24.3 Å². The van der Waals surface area contributed by atoms with Gasteiger partial charge in [0, 0.05) is 18.7 Å². The van der Waals surface area contributed by atoms with Gasteiger partial charge in [-0.25, -0.2) is 0 Å². The number of nitrogens with one attached hydrogen (secondary N) is 1. The molecule has 1 atom stereocenters. The van der Waals surface area contributed by atoms with Crippen LogP contribution in [0.4, 0.5) is 0 Å². The zero-order valence-corrected chi connectivity index (χ0v) is 12.1. The van der Waals surface area contributed by atoms with E-state index in [1.807, 2.05) is 25.2 Å². The molecule has 0 aliphatic carbocycles. The summed E-state index contributed by atoms with van der Waals surface area (Å²) in [6.45, 7) is 4.52. The maximum absolute atomic E-state index is 5.80. The zero-order valence-electron chi connectivity index (χ0n) is 12.1. The average molecular weight is 267 g/mol. The lowest BCUT2D eigenvalue weighted by molar-refractivity contribution is 0.0542. The molecule has 1 rings (SSSR count). The number of hydrogen-bond acceptors (Lipinski definition) is 4. The van der Waals surface area contributed by atoms with E-state index in [-0.39, 0.29) is 0 Å². The standard InChI is InChI=1S/C15H25NO3/c1-4-14(16-2)13-7-5-6-8-15(13)19-12-11-18-10-9-17-3/h5-8,14,16H,4,9-12H2,1-3H3. The van der Waals surface area contributed by atoms with Crippen molar-refractivity contribution in [3.63, 3.8) is 0 Å². The molecule has 0 heterocycles.